The van der Waals surface area contributed by atoms with Crippen molar-refractivity contribution in [1.82, 2.24) is 9.80 Å². The topological polar surface area (TPSA) is 204 Å². The van der Waals surface area contributed by atoms with Crippen molar-refractivity contribution < 1.29 is 58.6 Å². The number of ether oxygens (including phenoxy) is 3. The zero-order valence-corrected chi connectivity index (χ0v) is 32.8. The van der Waals surface area contributed by atoms with Gasteiger partial charge in [-0.05, 0) is 114 Å². The fourth-order valence-corrected chi connectivity index (χ4v) is 7.08. The largest absolute Gasteiger partial charge is 0.494 e. The molecule has 1 unspecified atom stereocenters. The lowest BCUT2D eigenvalue weighted by atomic mass is 9.90. The number of methoxy groups -OCH3 is 2. The van der Waals surface area contributed by atoms with Crippen molar-refractivity contribution in [3.05, 3.63) is 77.9 Å². The lowest BCUT2D eigenvalue weighted by Crippen LogP contribution is -2.46. The van der Waals surface area contributed by atoms with Gasteiger partial charge in [0.2, 0.25) is 5.91 Å². The summed E-state index contributed by atoms with van der Waals surface area (Å²) in [5, 5.41) is 29.6. The van der Waals surface area contributed by atoms with Gasteiger partial charge >= 0.3 is 23.9 Å². The van der Waals surface area contributed by atoms with E-state index < -0.39 is 28.6 Å². The average Bonchev–Trinajstić information content (AvgIpc) is 3.16. The number of carboxylic acids is 4. The quantitative estimate of drug-likeness (QED) is 0.115. The molecule has 0 radical (unpaired) electrons. The average molecular weight is 786 g/mol. The van der Waals surface area contributed by atoms with Crippen LogP contribution in [0.25, 0.3) is 0 Å². The Morgan fingerprint density at radius 3 is 1.91 bits per heavy atom. The second-order valence-electron chi connectivity index (χ2n) is 12.7. The van der Waals surface area contributed by atoms with E-state index in [0.717, 1.165) is 85.1 Å². The van der Waals surface area contributed by atoms with Crippen LogP contribution in [-0.2, 0) is 35.1 Å². The Labute approximate surface area is 325 Å². The van der Waals surface area contributed by atoms with E-state index in [4.69, 9.17) is 53.8 Å². The van der Waals surface area contributed by atoms with Gasteiger partial charge in [-0.25, -0.2) is 19.2 Å². The van der Waals surface area contributed by atoms with E-state index in [-0.39, 0.29) is 5.91 Å². The molecular formula is C39H51N3O12S. The second kappa shape index (κ2) is 22.8. The predicted octanol–water partition coefficient (Wildman–Crippen LogP) is 4.65. The molecule has 0 spiro atoms. The number of thioether (sulfide) groups is 1. The minimum atomic E-state index is -1.82. The maximum absolute atomic E-state index is 13.9. The van der Waals surface area contributed by atoms with Crippen LogP contribution in [0.4, 0.5) is 5.69 Å². The molecule has 0 bridgehead atoms. The molecule has 0 saturated heterocycles. The van der Waals surface area contributed by atoms with E-state index in [1.54, 1.807) is 26.0 Å². The van der Waals surface area contributed by atoms with Gasteiger partial charge in [-0.1, -0.05) is 30.3 Å². The molecule has 1 heterocycles. The lowest BCUT2D eigenvalue weighted by molar-refractivity contribution is -0.159. The molecule has 15 nitrogen and oxygen atoms in total. The number of amides is 1. The van der Waals surface area contributed by atoms with Crippen molar-refractivity contribution in [3.63, 3.8) is 0 Å². The number of carbonyl (C=O) groups is 5. The van der Waals surface area contributed by atoms with Gasteiger partial charge in [0.25, 0.3) is 0 Å². The zero-order valence-electron chi connectivity index (χ0n) is 32.0. The number of benzene rings is 3. The van der Waals surface area contributed by atoms with Gasteiger partial charge in [-0.2, -0.15) is 0 Å². The van der Waals surface area contributed by atoms with Crippen LogP contribution in [0, 0.1) is 0 Å². The fourth-order valence-electron chi connectivity index (χ4n) is 5.52. The van der Waals surface area contributed by atoms with Crippen LogP contribution in [0.3, 0.4) is 0 Å². The summed E-state index contributed by atoms with van der Waals surface area (Å²) in [7, 11) is 11.5. The number of likely N-dealkylation sites (N-methyl/N-ethyl adjacent to an activating group) is 2. The maximum atomic E-state index is 13.9. The summed E-state index contributed by atoms with van der Waals surface area (Å²) in [5.41, 5.74) is 3.25. The molecule has 1 atom stereocenters. The Bertz CT molecular complexity index is 1690. The summed E-state index contributed by atoms with van der Waals surface area (Å²) >= 11 is 1.69. The van der Waals surface area contributed by atoms with E-state index in [0.29, 0.717) is 6.61 Å². The molecule has 4 N–H and O–H groups in total. The Morgan fingerprint density at radius 2 is 1.35 bits per heavy atom. The third-order valence-electron chi connectivity index (χ3n) is 8.41. The van der Waals surface area contributed by atoms with Crippen LogP contribution in [0.15, 0.2) is 71.6 Å². The molecule has 0 aromatic heterocycles. The minimum absolute atomic E-state index is 0.138. The van der Waals surface area contributed by atoms with Crippen LogP contribution < -0.4 is 19.1 Å². The molecule has 1 amide bonds. The number of carbonyl (C=O) groups excluding carboxylic acids is 1. The first kappa shape index (κ1) is 45.8. The first-order chi connectivity index (χ1) is 26.1. The van der Waals surface area contributed by atoms with Crippen molar-refractivity contribution in [2.75, 3.05) is 73.6 Å². The van der Waals surface area contributed by atoms with Gasteiger partial charge in [0.05, 0.1) is 26.5 Å². The fraction of sp³-hybridized carbons (Fsp3) is 0.410. The molecule has 0 saturated carbocycles. The molecule has 3 aromatic rings. The minimum Gasteiger partial charge on any atom is -0.494 e. The van der Waals surface area contributed by atoms with Crippen molar-refractivity contribution in [2.24, 2.45) is 0 Å². The van der Waals surface area contributed by atoms with Crippen molar-refractivity contribution in [1.29, 1.82) is 0 Å². The van der Waals surface area contributed by atoms with Gasteiger partial charge < -0.3 is 49.3 Å². The molecule has 55 heavy (non-hydrogen) atoms. The first-order valence-electron chi connectivity index (χ1n) is 17.3. The van der Waals surface area contributed by atoms with Crippen molar-refractivity contribution in [2.45, 2.75) is 41.7 Å². The van der Waals surface area contributed by atoms with Gasteiger partial charge in [0, 0.05) is 18.5 Å². The van der Waals surface area contributed by atoms with E-state index in [1.165, 1.54) is 5.56 Å². The number of rotatable bonds is 16. The molecule has 4 rings (SSSR count). The highest BCUT2D eigenvalue weighted by Crippen LogP contribution is 2.53. The Balaban J connectivity index is 0.000000754. The highest BCUT2D eigenvalue weighted by Gasteiger charge is 2.47. The zero-order chi connectivity index (χ0) is 41.1. The molecule has 3 aromatic carbocycles. The molecule has 0 fully saturated rings. The summed E-state index contributed by atoms with van der Waals surface area (Å²) in [6.45, 7) is 3.60. The Hall–Kier alpha value is -5.32. The van der Waals surface area contributed by atoms with Crippen LogP contribution in [0.1, 0.15) is 36.8 Å². The molecule has 300 valence electrons. The summed E-state index contributed by atoms with van der Waals surface area (Å²) in [6, 6.07) is 22.5. The van der Waals surface area contributed by atoms with E-state index in [9.17, 15) is 4.79 Å². The van der Waals surface area contributed by atoms with Gasteiger partial charge in [-0.3, -0.25) is 4.79 Å². The van der Waals surface area contributed by atoms with Gasteiger partial charge in [0.15, 0.2) is 11.5 Å². The summed E-state index contributed by atoms with van der Waals surface area (Å²) in [6.07, 6.45) is 4.70. The van der Waals surface area contributed by atoms with Crippen LogP contribution in [0.5, 0.6) is 17.2 Å². The molecule has 1 aliphatic heterocycles. The monoisotopic (exact) mass is 785 g/mol. The SMILES string of the molecule is COc1ccc(CCN(C)CCCCOc2ccc(C3(CCCN(C)C)Sc4ccccc4N(C)C3=O)cc2)cc1OC.O=C(O)C(=O)O.O=C(O)C(=O)O. The highest BCUT2D eigenvalue weighted by atomic mass is 32.2. The summed E-state index contributed by atoms with van der Waals surface area (Å²) < 4.78 is 16.2. The molecule has 1 aliphatic rings. The first-order valence-corrected chi connectivity index (χ1v) is 18.1. The molecular weight excluding hydrogens is 735 g/mol. The Kier molecular flexibility index (Phi) is 19.0. The van der Waals surface area contributed by atoms with Crippen LogP contribution in [0.2, 0.25) is 0 Å². The number of hydrogen-bond donors (Lipinski definition) is 4. The number of hydrogen-bond acceptors (Lipinski definition) is 11. The van der Waals surface area contributed by atoms with Crippen molar-refractivity contribution >= 4 is 47.2 Å². The third kappa shape index (κ3) is 14.4. The van der Waals surface area contributed by atoms with E-state index >= 15 is 0 Å². The third-order valence-corrected chi connectivity index (χ3v) is 9.94. The summed E-state index contributed by atoms with van der Waals surface area (Å²) in [5.74, 6) is -4.78. The standard InChI is InChI=1S/C35H47N3O4S.2C2H2O4/c1-36(2)22-11-21-35(34(39)38(4)30-12-7-8-13-33(30)43-35)28-15-17-29(18-16-28)42-25-10-9-23-37(3)24-20-27-14-19-31(40-5)32(26-27)41-6;2*3-1(4)2(5)6/h7-8,12-19,26H,9-11,20-25H2,1-6H3;2*(H,3,4)(H,5,6). The summed E-state index contributed by atoms with van der Waals surface area (Å²) in [4.78, 5) is 57.8. The Morgan fingerprint density at radius 1 is 0.745 bits per heavy atom. The van der Waals surface area contributed by atoms with Gasteiger partial charge in [-0.15, -0.1) is 11.8 Å². The van der Waals surface area contributed by atoms with E-state index in [1.807, 2.05) is 48.3 Å². The normalized spacial score (nSPS) is 14.5. The number of fused-ring (bicyclic) bond motifs is 1. The van der Waals surface area contributed by atoms with Gasteiger partial charge in [0.1, 0.15) is 10.5 Å². The van der Waals surface area contributed by atoms with Crippen LogP contribution in [-0.4, -0.2) is 129 Å². The lowest BCUT2D eigenvalue weighted by Gasteiger charge is -2.41. The van der Waals surface area contributed by atoms with Crippen molar-refractivity contribution in [3.8, 4) is 17.2 Å². The number of nitrogens with zero attached hydrogens (tertiary/aromatic N) is 3. The molecule has 16 heteroatoms. The van der Waals surface area contributed by atoms with Crippen LogP contribution >= 0.6 is 11.8 Å². The maximum Gasteiger partial charge on any atom is 0.414 e. The smallest absolute Gasteiger partial charge is 0.414 e. The predicted molar refractivity (Wildman–Crippen MR) is 208 cm³/mol. The number of para-hydroxylation sites is 1. The number of unbranched alkanes of at least 4 members (excludes halogenated alkanes) is 1. The molecule has 0 aliphatic carbocycles. The second-order valence-corrected chi connectivity index (χ2v) is 14.1. The highest BCUT2D eigenvalue weighted by molar-refractivity contribution is 8.01. The number of carboxylic acid groups (broad SMARTS) is 4. The number of anilines is 1. The van der Waals surface area contributed by atoms with E-state index in [2.05, 4.69) is 61.3 Å². The number of aliphatic carboxylic acids is 4.